The van der Waals surface area contributed by atoms with E-state index in [1.54, 1.807) is 30.6 Å². The summed E-state index contributed by atoms with van der Waals surface area (Å²) in [4.78, 5) is 10.7. The molecule has 0 saturated carbocycles. The second-order valence-electron chi connectivity index (χ2n) is 6.17. The maximum atomic E-state index is 12.3. The molecule has 0 aliphatic carbocycles. The second kappa shape index (κ2) is 6.85. The van der Waals surface area contributed by atoms with Crippen LogP contribution >= 0.6 is 0 Å². The van der Waals surface area contributed by atoms with Crippen molar-refractivity contribution in [2.75, 3.05) is 11.3 Å². The van der Waals surface area contributed by atoms with Gasteiger partial charge in [-0.15, -0.1) is 0 Å². The summed E-state index contributed by atoms with van der Waals surface area (Å²) in [6.45, 7) is 2.46. The van der Waals surface area contributed by atoms with Gasteiger partial charge in [-0.05, 0) is 12.1 Å². The Bertz CT molecular complexity index is 986. The highest BCUT2D eigenvalue weighted by Crippen LogP contribution is 2.18. The van der Waals surface area contributed by atoms with E-state index in [1.807, 2.05) is 6.20 Å². The average Bonchev–Trinajstić information content (AvgIpc) is 3.12. The van der Waals surface area contributed by atoms with Crippen molar-refractivity contribution in [3.05, 3.63) is 65.7 Å². The molecule has 0 amide bonds. The van der Waals surface area contributed by atoms with E-state index in [-0.39, 0.29) is 10.8 Å². The third-order valence-corrected chi connectivity index (χ3v) is 5.61. The molecular weight excluding hydrogens is 352 g/mol. The molecule has 1 aromatic carbocycles. The molecule has 0 spiro atoms. The van der Waals surface area contributed by atoms with Crippen molar-refractivity contribution < 1.29 is 8.42 Å². The van der Waals surface area contributed by atoms with Crippen molar-refractivity contribution in [1.29, 1.82) is 0 Å². The van der Waals surface area contributed by atoms with Crippen LogP contribution < -0.4 is 4.72 Å². The quantitative estimate of drug-likeness (QED) is 0.706. The Labute approximate surface area is 151 Å². The van der Waals surface area contributed by atoms with Crippen LogP contribution in [0.2, 0.25) is 0 Å². The number of fused-ring (bicyclic) bond motifs is 1. The average molecular weight is 370 g/mol. The van der Waals surface area contributed by atoms with E-state index in [0.29, 0.717) is 6.54 Å². The molecule has 3 aromatic rings. The normalized spacial score (nSPS) is 14.8. The molecule has 0 bridgehead atoms. The number of hydrogen-bond acceptors (Lipinski definition) is 6. The molecule has 0 unspecified atom stereocenters. The van der Waals surface area contributed by atoms with Crippen molar-refractivity contribution in [2.45, 2.75) is 24.4 Å². The summed E-state index contributed by atoms with van der Waals surface area (Å²) in [7, 11) is -3.68. The summed E-state index contributed by atoms with van der Waals surface area (Å²) in [5.74, 6) is 0.0633. The van der Waals surface area contributed by atoms with Gasteiger partial charge in [-0.1, -0.05) is 18.2 Å². The van der Waals surface area contributed by atoms with Gasteiger partial charge in [-0.3, -0.25) is 10.00 Å². The van der Waals surface area contributed by atoms with Crippen LogP contribution in [0.4, 0.5) is 5.95 Å². The molecule has 134 valence electrons. The Kier molecular flexibility index (Phi) is 4.39. The molecule has 2 N–H and O–H groups in total. The minimum absolute atomic E-state index is 0.0633. The highest BCUT2D eigenvalue weighted by atomic mass is 32.2. The Balaban J connectivity index is 1.41. The van der Waals surface area contributed by atoms with Gasteiger partial charge in [0, 0.05) is 55.3 Å². The number of nitrogens with zero attached hydrogens (tertiary/aromatic N) is 4. The molecule has 3 heterocycles. The van der Waals surface area contributed by atoms with Gasteiger partial charge in [-0.25, -0.2) is 23.1 Å². The van der Waals surface area contributed by atoms with Crippen molar-refractivity contribution >= 4 is 16.0 Å². The zero-order chi connectivity index (χ0) is 18.0. The van der Waals surface area contributed by atoms with Crippen LogP contribution in [-0.2, 0) is 29.5 Å². The van der Waals surface area contributed by atoms with E-state index in [9.17, 15) is 8.42 Å². The van der Waals surface area contributed by atoms with Crippen molar-refractivity contribution in [1.82, 2.24) is 25.1 Å². The number of hydrogen-bond donors (Lipinski definition) is 2. The fourth-order valence-electron chi connectivity index (χ4n) is 2.94. The van der Waals surface area contributed by atoms with Crippen LogP contribution in [0.3, 0.4) is 0 Å². The van der Waals surface area contributed by atoms with Gasteiger partial charge in [0.15, 0.2) is 0 Å². The van der Waals surface area contributed by atoms with Crippen LogP contribution in [0.5, 0.6) is 0 Å². The second-order valence-corrected chi connectivity index (χ2v) is 7.85. The molecule has 0 fully saturated rings. The molecule has 0 atom stereocenters. The smallest absolute Gasteiger partial charge is 0.264 e. The van der Waals surface area contributed by atoms with Crippen LogP contribution in [0.15, 0.2) is 53.8 Å². The summed E-state index contributed by atoms with van der Waals surface area (Å²) in [6.07, 6.45) is 6.10. The molecule has 2 aromatic heterocycles. The van der Waals surface area contributed by atoms with Crippen molar-refractivity contribution in [3.8, 4) is 0 Å². The summed E-state index contributed by atoms with van der Waals surface area (Å²) in [5.41, 5.74) is 3.34. The lowest BCUT2D eigenvalue weighted by Gasteiger charge is -2.26. The summed E-state index contributed by atoms with van der Waals surface area (Å²) < 4.78 is 27.0. The first-order valence-electron chi connectivity index (χ1n) is 8.22. The largest absolute Gasteiger partial charge is 0.294 e. The Hall–Kier alpha value is -2.78. The first kappa shape index (κ1) is 16.7. The van der Waals surface area contributed by atoms with Gasteiger partial charge in [0.2, 0.25) is 5.95 Å². The van der Waals surface area contributed by atoms with Gasteiger partial charge in [0.05, 0.1) is 11.1 Å². The third kappa shape index (κ3) is 3.58. The number of aromatic amines is 1. The zero-order valence-electron chi connectivity index (χ0n) is 14.0. The number of anilines is 1. The molecule has 4 rings (SSSR count). The highest BCUT2D eigenvalue weighted by molar-refractivity contribution is 7.92. The minimum Gasteiger partial charge on any atom is -0.294 e. The molecule has 1 aliphatic rings. The lowest BCUT2D eigenvalue weighted by molar-refractivity contribution is 0.244. The summed E-state index contributed by atoms with van der Waals surface area (Å²) >= 11 is 0. The SMILES string of the molecule is O=S(=O)(Nc1ncc(CN2CCc3[nH]ncc3C2)cn1)c1ccccc1. The van der Waals surface area contributed by atoms with Crippen molar-refractivity contribution in [3.63, 3.8) is 0 Å². The molecule has 1 aliphatic heterocycles. The highest BCUT2D eigenvalue weighted by Gasteiger charge is 2.18. The van der Waals surface area contributed by atoms with Crippen molar-refractivity contribution in [2.24, 2.45) is 0 Å². The molecule has 9 heteroatoms. The van der Waals surface area contributed by atoms with E-state index >= 15 is 0 Å². The standard InChI is InChI=1S/C17H18N6O2S/c24-26(25,15-4-2-1-3-5-15)22-17-18-8-13(9-19-17)11-23-7-6-16-14(12-23)10-20-21-16/h1-5,8-10H,6-7,11-12H2,(H,20,21)(H,18,19,22). The van der Waals surface area contributed by atoms with E-state index < -0.39 is 10.0 Å². The Morgan fingerprint density at radius 2 is 1.88 bits per heavy atom. The van der Waals surface area contributed by atoms with Crippen LogP contribution in [-0.4, -0.2) is 40.0 Å². The predicted octanol–water partition coefficient (Wildman–Crippen LogP) is 1.56. The van der Waals surface area contributed by atoms with Crippen LogP contribution in [0.25, 0.3) is 0 Å². The lowest BCUT2D eigenvalue weighted by atomic mass is 10.1. The Morgan fingerprint density at radius 3 is 2.65 bits per heavy atom. The van der Waals surface area contributed by atoms with Crippen LogP contribution in [0.1, 0.15) is 16.8 Å². The Morgan fingerprint density at radius 1 is 1.12 bits per heavy atom. The molecule has 0 radical (unpaired) electrons. The lowest BCUT2D eigenvalue weighted by Crippen LogP contribution is -2.29. The molecule has 8 nitrogen and oxygen atoms in total. The predicted molar refractivity (Wildman–Crippen MR) is 95.7 cm³/mol. The van der Waals surface area contributed by atoms with Gasteiger partial charge in [-0.2, -0.15) is 5.10 Å². The fraction of sp³-hybridized carbons (Fsp3) is 0.235. The number of aromatic nitrogens is 4. The topological polar surface area (TPSA) is 104 Å². The maximum absolute atomic E-state index is 12.3. The molecule has 26 heavy (non-hydrogen) atoms. The first-order valence-corrected chi connectivity index (χ1v) is 9.71. The van der Waals surface area contributed by atoms with Gasteiger partial charge in [0.25, 0.3) is 10.0 Å². The number of H-pyrrole nitrogens is 1. The van der Waals surface area contributed by atoms with E-state index in [0.717, 1.165) is 25.1 Å². The van der Waals surface area contributed by atoms with E-state index in [2.05, 4.69) is 29.8 Å². The fourth-order valence-corrected chi connectivity index (χ4v) is 3.92. The minimum atomic E-state index is -3.68. The molecular formula is C17H18N6O2S. The monoisotopic (exact) mass is 370 g/mol. The summed E-state index contributed by atoms with van der Waals surface area (Å²) in [5, 5.41) is 7.09. The van der Waals surface area contributed by atoms with Gasteiger partial charge >= 0.3 is 0 Å². The zero-order valence-corrected chi connectivity index (χ0v) is 14.8. The summed E-state index contributed by atoms with van der Waals surface area (Å²) in [6, 6.07) is 8.15. The third-order valence-electron chi connectivity index (χ3n) is 4.27. The van der Waals surface area contributed by atoms with Gasteiger partial charge in [0.1, 0.15) is 0 Å². The van der Waals surface area contributed by atoms with E-state index in [4.69, 9.17) is 0 Å². The number of rotatable bonds is 5. The number of sulfonamides is 1. The van der Waals surface area contributed by atoms with Crippen LogP contribution in [0, 0.1) is 0 Å². The maximum Gasteiger partial charge on any atom is 0.264 e. The molecule has 0 saturated heterocycles. The number of benzene rings is 1. The first-order chi connectivity index (χ1) is 12.6. The van der Waals surface area contributed by atoms with Gasteiger partial charge < -0.3 is 0 Å². The van der Waals surface area contributed by atoms with E-state index in [1.165, 1.54) is 23.4 Å². The number of nitrogens with one attached hydrogen (secondary N) is 2.